The van der Waals surface area contributed by atoms with E-state index in [2.05, 4.69) is 37.7 Å². The van der Waals surface area contributed by atoms with Gasteiger partial charge in [-0.05, 0) is 40.2 Å². The van der Waals surface area contributed by atoms with E-state index in [1.807, 2.05) is 24.3 Å². The van der Waals surface area contributed by atoms with Crippen LogP contribution in [-0.4, -0.2) is 4.98 Å². The molecule has 0 aliphatic carbocycles. The van der Waals surface area contributed by atoms with Gasteiger partial charge in [-0.25, -0.2) is 10.8 Å². The van der Waals surface area contributed by atoms with E-state index in [0.717, 1.165) is 16.1 Å². The van der Waals surface area contributed by atoms with Gasteiger partial charge >= 0.3 is 0 Å². The zero-order valence-corrected chi connectivity index (χ0v) is 10.8. The monoisotopic (exact) mass is 298 g/mol. The van der Waals surface area contributed by atoms with Gasteiger partial charge in [-0.2, -0.15) is 0 Å². The van der Waals surface area contributed by atoms with Gasteiger partial charge in [-0.15, -0.1) is 11.3 Å². The van der Waals surface area contributed by atoms with Crippen LogP contribution in [0.25, 0.3) is 0 Å². The quantitative estimate of drug-likeness (QED) is 0.600. The van der Waals surface area contributed by atoms with E-state index in [4.69, 9.17) is 5.84 Å². The van der Waals surface area contributed by atoms with Gasteiger partial charge in [0, 0.05) is 4.88 Å². The zero-order chi connectivity index (χ0) is 11.4. The van der Waals surface area contributed by atoms with Crippen molar-refractivity contribution in [2.24, 2.45) is 5.84 Å². The van der Waals surface area contributed by atoms with Crippen molar-refractivity contribution in [2.45, 2.75) is 6.54 Å². The number of thiophene rings is 1. The summed E-state index contributed by atoms with van der Waals surface area (Å²) in [6.45, 7) is 0.761. The van der Waals surface area contributed by atoms with Gasteiger partial charge in [-0.1, -0.05) is 6.07 Å². The number of rotatable bonds is 4. The highest BCUT2D eigenvalue weighted by Crippen LogP contribution is 2.22. The summed E-state index contributed by atoms with van der Waals surface area (Å²) in [6.07, 6.45) is 0. The Morgan fingerprint density at radius 2 is 2.06 bits per heavy atom. The van der Waals surface area contributed by atoms with Gasteiger partial charge in [0.2, 0.25) is 0 Å². The van der Waals surface area contributed by atoms with Crippen molar-refractivity contribution in [3.05, 3.63) is 39.0 Å². The second kappa shape index (κ2) is 5.29. The van der Waals surface area contributed by atoms with Crippen LogP contribution in [-0.2, 0) is 6.54 Å². The molecule has 2 heterocycles. The Hall–Kier alpha value is -1.11. The highest BCUT2D eigenvalue weighted by Gasteiger charge is 1.99. The average molecular weight is 299 g/mol. The van der Waals surface area contributed by atoms with Crippen LogP contribution in [0.15, 0.2) is 34.1 Å². The van der Waals surface area contributed by atoms with Crippen LogP contribution in [0.5, 0.6) is 0 Å². The normalized spacial score (nSPS) is 10.1. The lowest BCUT2D eigenvalue weighted by atomic mass is 10.4. The third kappa shape index (κ3) is 2.94. The van der Waals surface area contributed by atoms with Crippen LogP contribution in [0, 0.1) is 0 Å². The summed E-state index contributed by atoms with van der Waals surface area (Å²) < 4.78 is 1.13. The number of aromatic nitrogens is 1. The van der Waals surface area contributed by atoms with E-state index >= 15 is 0 Å². The number of nitrogens with zero attached hydrogens (tertiary/aromatic N) is 1. The molecule has 0 radical (unpaired) electrons. The first kappa shape index (κ1) is 11.4. The van der Waals surface area contributed by atoms with Crippen molar-refractivity contribution in [3.8, 4) is 0 Å². The lowest BCUT2D eigenvalue weighted by Gasteiger charge is -2.05. The Morgan fingerprint density at radius 3 is 2.75 bits per heavy atom. The fourth-order valence-electron chi connectivity index (χ4n) is 1.24. The van der Waals surface area contributed by atoms with Crippen molar-refractivity contribution in [1.29, 1.82) is 0 Å². The maximum absolute atomic E-state index is 5.28. The van der Waals surface area contributed by atoms with Gasteiger partial charge < -0.3 is 10.7 Å². The highest BCUT2D eigenvalue weighted by atomic mass is 79.9. The van der Waals surface area contributed by atoms with Gasteiger partial charge in [0.15, 0.2) is 0 Å². The van der Waals surface area contributed by atoms with Gasteiger partial charge in [-0.3, -0.25) is 0 Å². The molecule has 0 bridgehead atoms. The van der Waals surface area contributed by atoms with E-state index in [0.29, 0.717) is 5.82 Å². The number of nitrogen functional groups attached to an aromatic ring is 1. The van der Waals surface area contributed by atoms with Crippen LogP contribution in [0.2, 0.25) is 0 Å². The number of hydrogen-bond acceptors (Lipinski definition) is 5. The minimum absolute atomic E-state index is 0.650. The molecule has 0 amide bonds. The van der Waals surface area contributed by atoms with E-state index in [1.54, 1.807) is 11.3 Å². The van der Waals surface area contributed by atoms with E-state index in [-0.39, 0.29) is 0 Å². The molecule has 0 atom stereocenters. The molecular weight excluding hydrogens is 288 g/mol. The van der Waals surface area contributed by atoms with E-state index in [1.165, 1.54) is 4.88 Å². The third-order valence-electron chi connectivity index (χ3n) is 1.97. The topological polar surface area (TPSA) is 63.0 Å². The third-order valence-corrected chi connectivity index (χ3v) is 3.59. The molecule has 84 valence electrons. The minimum atomic E-state index is 0.650. The average Bonchev–Trinajstić information content (AvgIpc) is 2.73. The zero-order valence-electron chi connectivity index (χ0n) is 8.40. The number of anilines is 2. The molecule has 0 aliphatic rings. The van der Waals surface area contributed by atoms with Gasteiger partial charge in [0.05, 0.1) is 10.3 Å². The molecule has 0 saturated carbocycles. The Morgan fingerprint density at radius 1 is 1.25 bits per heavy atom. The van der Waals surface area contributed by atoms with Crippen LogP contribution < -0.4 is 16.6 Å². The van der Waals surface area contributed by atoms with E-state index in [9.17, 15) is 0 Å². The fourth-order valence-corrected chi connectivity index (χ4v) is 2.66. The van der Waals surface area contributed by atoms with Crippen molar-refractivity contribution in [1.82, 2.24) is 4.98 Å². The standard InChI is InChI=1S/C10H11BrN4S/c11-8-5-4-7(16-8)6-13-9-2-1-3-10(14-9)15-12/h1-5H,6,12H2,(H2,13,14,15). The summed E-state index contributed by atoms with van der Waals surface area (Å²) in [7, 11) is 0. The first-order valence-electron chi connectivity index (χ1n) is 4.69. The smallest absolute Gasteiger partial charge is 0.142 e. The number of nitrogens with two attached hydrogens (primary N) is 1. The number of hydrogen-bond donors (Lipinski definition) is 3. The summed E-state index contributed by atoms with van der Waals surface area (Å²) in [6, 6.07) is 9.73. The molecule has 2 rings (SSSR count). The Kier molecular flexibility index (Phi) is 3.76. The second-order valence-electron chi connectivity index (χ2n) is 3.11. The maximum Gasteiger partial charge on any atom is 0.142 e. The number of halogens is 1. The van der Waals surface area contributed by atoms with Crippen molar-refractivity contribution in [2.75, 3.05) is 10.7 Å². The van der Waals surface area contributed by atoms with Gasteiger partial charge in [0.1, 0.15) is 11.6 Å². The summed E-state index contributed by atoms with van der Waals surface area (Å²) in [5, 5.41) is 3.23. The number of pyridine rings is 1. The molecule has 0 unspecified atom stereocenters. The Balaban J connectivity index is 1.99. The molecule has 0 aliphatic heterocycles. The molecule has 0 fully saturated rings. The maximum atomic E-state index is 5.28. The Labute approximate surface area is 106 Å². The van der Waals surface area contributed by atoms with Crippen molar-refractivity contribution < 1.29 is 0 Å². The lowest BCUT2D eigenvalue weighted by molar-refractivity contribution is 1.13. The fraction of sp³-hybridized carbons (Fsp3) is 0.100. The molecule has 4 nitrogen and oxygen atoms in total. The first-order chi connectivity index (χ1) is 7.78. The van der Waals surface area contributed by atoms with E-state index < -0.39 is 0 Å². The lowest BCUT2D eigenvalue weighted by Crippen LogP contribution is -2.09. The first-order valence-corrected chi connectivity index (χ1v) is 6.30. The SMILES string of the molecule is NNc1cccc(NCc2ccc(Br)s2)n1. The highest BCUT2D eigenvalue weighted by molar-refractivity contribution is 9.11. The molecular formula is C10H11BrN4S. The molecule has 6 heteroatoms. The second-order valence-corrected chi connectivity index (χ2v) is 5.66. The molecule has 4 N–H and O–H groups in total. The Bertz CT molecular complexity index is 471. The van der Waals surface area contributed by atoms with Crippen molar-refractivity contribution in [3.63, 3.8) is 0 Å². The van der Waals surface area contributed by atoms with Crippen LogP contribution in [0.4, 0.5) is 11.6 Å². The largest absolute Gasteiger partial charge is 0.365 e. The molecule has 0 spiro atoms. The molecule has 0 aromatic carbocycles. The molecule has 16 heavy (non-hydrogen) atoms. The number of hydrazine groups is 1. The predicted molar refractivity (Wildman–Crippen MR) is 71.4 cm³/mol. The summed E-state index contributed by atoms with van der Waals surface area (Å²) in [5.74, 6) is 6.74. The molecule has 2 aromatic rings. The summed E-state index contributed by atoms with van der Waals surface area (Å²) in [4.78, 5) is 5.51. The van der Waals surface area contributed by atoms with Crippen LogP contribution >= 0.6 is 27.3 Å². The summed E-state index contributed by atoms with van der Waals surface area (Å²) in [5.41, 5.74) is 2.51. The number of nitrogens with one attached hydrogen (secondary N) is 2. The van der Waals surface area contributed by atoms with Gasteiger partial charge in [0.25, 0.3) is 0 Å². The molecule has 0 saturated heterocycles. The minimum Gasteiger partial charge on any atom is -0.365 e. The van der Waals surface area contributed by atoms with Crippen LogP contribution in [0.3, 0.4) is 0 Å². The van der Waals surface area contributed by atoms with Crippen LogP contribution in [0.1, 0.15) is 4.88 Å². The summed E-state index contributed by atoms with van der Waals surface area (Å²) >= 11 is 5.13. The molecule has 2 aromatic heterocycles. The van der Waals surface area contributed by atoms with Crippen molar-refractivity contribution >= 4 is 38.9 Å². The predicted octanol–water partition coefficient (Wildman–Crippen LogP) is 2.80.